The quantitative estimate of drug-likeness (QED) is 0.682. The number of benzene rings is 2. The Labute approximate surface area is 153 Å². The molecule has 1 aromatic heterocycles. The van der Waals surface area contributed by atoms with Crippen molar-refractivity contribution in [2.45, 2.75) is 45.6 Å². The first-order valence-corrected chi connectivity index (χ1v) is 8.90. The van der Waals surface area contributed by atoms with Gasteiger partial charge in [0.25, 0.3) is 0 Å². The van der Waals surface area contributed by atoms with E-state index < -0.39 is 0 Å². The number of aromatic nitrogens is 1. The number of amides is 1. The normalized spacial score (nSPS) is 12.8. The van der Waals surface area contributed by atoms with E-state index in [0.717, 1.165) is 16.8 Å². The zero-order valence-electron chi connectivity index (χ0n) is 15.7. The summed E-state index contributed by atoms with van der Waals surface area (Å²) in [6, 6.07) is 15.0. The van der Waals surface area contributed by atoms with Crippen LogP contribution in [0.25, 0.3) is 11.1 Å². The van der Waals surface area contributed by atoms with Crippen LogP contribution in [0.1, 0.15) is 40.0 Å². The molecule has 0 spiro atoms. The Bertz CT molecular complexity index is 895. The number of oxazole rings is 1. The van der Waals surface area contributed by atoms with Crippen molar-refractivity contribution >= 4 is 28.4 Å². The summed E-state index contributed by atoms with van der Waals surface area (Å²) >= 11 is 0. The second kappa shape index (κ2) is 7.20. The van der Waals surface area contributed by atoms with Gasteiger partial charge < -0.3 is 15.1 Å². The topological polar surface area (TPSA) is 67.2 Å². The number of nitrogens with one attached hydrogen (secondary N) is 2. The smallest absolute Gasteiger partial charge is 0.246 e. The minimum absolute atomic E-state index is 0.0738. The van der Waals surface area contributed by atoms with E-state index in [9.17, 15) is 4.79 Å². The molecule has 0 bridgehead atoms. The molecule has 1 heterocycles. The number of hydrogen-bond acceptors (Lipinski definition) is 4. The summed E-state index contributed by atoms with van der Waals surface area (Å²) in [5.74, 6) is 0.614. The Morgan fingerprint density at radius 1 is 1.12 bits per heavy atom. The van der Waals surface area contributed by atoms with Crippen LogP contribution in [0.3, 0.4) is 0 Å². The molecule has 0 saturated carbocycles. The Kier molecular flexibility index (Phi) is 4.98. The Balaban J connectivity index is 1.75. The van der Waals surface area contributed by atoms with Crippen molar-refractivity contribution < 1.29 is 9.21 Å². The second-order valence-electron chi connectivity index (χ2n) is 7.41. The zero-order chi connectivity index (χ0) is 18.7. The number of para-hydroxylation sites is 1. The third-order valence-corrected chi connectivity index (χ3v) is 4.14. The highest BCUT2D eigenvalue weighted by Gasteiger charge is 2.21. The molecule has 0 aliphatic rings. The van der Waals surface area contributed by atoms with Crippen molar-refractivity contribution in [1.29, 1.82) is 0 Å². The zero-order valence-corrected chi connectivity index (χ0v) is 15.7. The molecule has 1 unspecified atom stereocenters. The first-order chi connectivity index (χ1) is 12.4. The molecule has 0 fully saturated rings. The van der Waals surface area contributed by atoms with Gasteiger partial charge in [-0.05, 0) is 36.8 Å². The molecule has 3 aromatic rings. The van der Waals surface area contributed by atoms with E-state index in [1.54, 1.807) is 0 Å². The van der Waals surface area contributed by atoms with Crippen molar-refractivity contribution in [3.8, 4) is 0 Å². The van der Waals surface area contributed by atoms with Gasteiger partial charge in [-0.1, -0.05) is 45.9 Å². The molecule has 2 N–H and O–H groups in total. The Morgan fingerprint density at radius 2 is 1.85 bits per heavy atom. The lowest BCUT2D eigenvalue weighted by molar-refractivity contribution is -0.116. The average molecular weight is 351 g/mol. The van der Waals surface area contributed by atoms with Gasteiger partial charge >= 0.3 is 0 Å². The minimum atomic E-state index is -0.310. The first kappa shape index (κ1) is 18.0. The predicted octanol–water partition coefficient (Wildman–Crippen LogP) is 4.95. The fourth-order valence-corrected chi connectivity index (χ4v) is 2.64. The maximum Gasteiger partial charge on any atom is 0.246 e. The minimum Gasteiger partial charge on any atom is -0.440 e. The van der Waals surface area contributed by atoms with E-state index in [-0.39, 0.29) is 17.4 Å². The van der Waals surface area contributed by atoms with Crippen LogP contribution >= 0.6 is 0 Å². The average Bonchev–Trinajstić information content (AvgIpc) is 3.04. The molecular weight excluding hydrogens is 326 g/mol. The van der Waals surface area contributed by atoms with Gasteiger partial charge in [0.05, 0.1) is 0 Å². The van der Waals surface area contributed by atoms with Crippen LogP contribution in [0.15, 0.2) is 52.9 Å². The highest BCUT2D eigenvalue weighted by molar-refractivity contribution is 5.97. The first-order valence-electron chi connectivity index (χ1n) is 8.90. The van der Waals surface area contributed by atoms with Crippen LogP contribution in [-0.4, -0.2) is 16.9 Å². The molecule has 3 rings (SSSR count). The van der Waals surface area contributed by atoms with Crippen LogP contribution in [0.5, 0.6) is 0 Å². The Morgan fingerprint density at radius 3 is 2.50 bits per heavy atom. The van der Waals surface area contributed by atoms with Gasteiger partial charge in [-0.3, -0.25) is 4.79 Å². The predicted molar refractivity (Wildman–Crippen MR) is 105 cm³/mol. The number of anilines is 2. The van der Waals surface area contributed by atoms with Crippen LogP contribution in [0, 0.1) is 0 Å². The van der Waals surface area contributed by atoms with Crippen LogP contribution in [0.4, 0.5) is 11.4 Å². The summed E-state index contributed by atoms with van der Waals surface area (Å²) in [6.45, 7) is 8.15. The summed E-state index contributed by atoms with van der Waals surface area (Å²) in [7, 11) is 0. The molecule has 1 atom stereocenters. The van der Waals surface area contributed by atoms with Gasteiger partial charge in [-0.25, -0.2) is 4.98 Å². The van der Waals surface area contributed by atoms with Gasteiger partial charge in [0.15, 0.2) is 5.58 Å². The van der Waals surface area contributed by atoms with Gasteiger partial charge in [-0.15, -0.1) is 0 Å². The Hall–Kier alpha value is -2.82. The van der Waals surface area contributed by atoms with Crippen molar-refractivity contribution in [3.63, 3.8) is 0 Å². The fourth-order valence-electron chi connectivity index (χ4n) is 2.64. The summed E-state index contributed by atoms with van der Waals surface area (Å²) in [4.78, 5) is 17.2. The van der Waals surface area contributed by atoms with E-state index in [0.29, 0.717) is 18.0 Å². The number of hydrogen-bond donors (Lipinski definition) is 2. The molecule has 5 heteroatoms. The van der Waals surface area contributed by atoms with Crippen LogP contribution in [-0.2, 0) is 10.2 Å². The van der Waals surface area contributed by atoms with Crippen LogP contribution < -0.4 is 10.6 Å². The highest BCUT2D eigenvalue weighted by Crippen LogP contribution is 2.27. The lowest BCUT2D eigenvalue weighted by Gasteiger charge is -2.18. The molecule has 0 radical (unpaired) electrons. The third kappa shape index (κ3) is 4.04. The van der Waals surface area contributed by atoms with Crippen molar-refractivity contribution in [1.82, 2.24) is 4.98 Å². The number of rotatable bonds is 5. The molecule has 0 aliphatic carbocycles. The van der Waals surface area contributed by atoms with Crippen molar-refractivity contribution in [2.75, 3.05) is 10.6 Å². The number of fused-ring (bicyclic) bond motifs is 1. The fraction of sp³-hybridized carbons (Fsp3) is 0.333. The molecule has 136 valence electrons. The number of carbonyl (C=O) groups excluding carboxylic acids is 1. The molecule has 26 heavy (non-hydrogen) atoms. The maximum atomic E-state index is 12.6. The summed E-state index contributed by atoms with van der Waals surface area (Å²) in [6.07, 6.45) is 0.682. The third-order valence-electron chi connectivity index (χ3n) is 4.14. The van der Waals surface area contributed by atoms with Gasteiger partial charge in [-0.2, -0.15) is 0 Å². The SMILES string of the molecule is CCC(Nc1ccccc1)C(=O)Nc1ccc2oc(C(C)(C)C)nc2c1. The van der Waals surface area contributed by atoms with E-state index in [2.05, 4.69) is 36.4 Å². The maximum absolute atomic E-state index is 12.6. The molecule has 2 aromatic carbocycles. The molecular formula is C21H25N3O2. The molecule has 1 amide bonds. The summed E-state index contributed by atoms with van der Waals surface area (Å²) < 4.78 is 5.80. The molecule has 5 nitrogen and oxygen atoms in total. The van der Waals surface area contributed by atoms with E-state index >= 15 is 0 Å². The lowest BCUT2D eigenvalue weighted by Crippen LogP contribution is -2.34. The summed E-state index contributed by atoms with van der Waals surface area (Å²) in [5.41, 5.74) is 2.95. The van der Waals surface area contributed by atoms with Crippen molar-refractivity contribution in [2.24, 2.45) is 0 Å². The number of carbonyl (C=O) groups is 1. The van der Waals surface area contributed by atoms with Crippen molar-refractivity contribution in [3.05, 3.63) is 54.4 Å². The largest absolute Gasteiger partial charge is 0.440 e. The van der Waals surface area contributed by atoms with Gasteiger partial charge in [0, 0.05) is 16.8 Å². The van der Waals surface area contributed by atoms with Crippen LogP contribution in [0.2, 0.25) is 0 Å². The molecule has 0 saturated heterocycles. The van der Waals surface area contributed by atoms with E-state index in [4.69, 9.17) is 4.42 Å². The van der Waals surface area contributed by atoms with E-state index in [1.165, 1.54) is 0 Å². The standard InChI is InChI=1S/C21H25N3O2/c1-5-16(22-14-9-7-6-8-10-14)19(25)23-15-11-12-18-17(13-15)24-20(26-18)21(2,3)4/h6-13,16,22H,5H2,1-4H3,(H,23,25). The molecule has 0 aliphatic heterocycles. The van der Waals surface area contributed by atoms with Gasteiger partial charge in [0.2, 0.25) is 11.8 Å². The lowest BCUT2D eigenvalue weighted by atomic mass is 9.97. The summed E-state index contributed by atoms with van der Waals surface area (Å²) in [5, 5.41) is 6.23. The highest BCUT2D eigenvalue weighted by atomic mass is 16.3. The second-order valence-corrected chi connectivity index (χ2v) is 7.41. The van der Waals surface area contributed by atoms with E-state index in [1.807, 2.05) is 55.5 Å². The van der Waals surface area contributed by atoms with Gasteiger partial charge in [0.1, 0.15) is 11.6 Å². The monoisotopic (exact) mass is 351 g/mol. The number of nitrogens with zero attached hydrogens (tertiary/aromatic N) is 1.